The molecule has 106 valence electrons. The van der Waals surface area contributed by atoms with E-state index in [1.54, 1.807) is 4.90 Å². The maximum Gasteiger partial charge on any atom is 0.326 e. The van der Waals surface area contributed by atoms with Gasteiger partial charge >= 0.3 is 5.97 Å². The molecule has 0 bridgehead atoms. The molecule has 2 saturated carbocycles. The van der Waals surface area contributed by atoms with Gasteiger partial charge in [0.15, 0.2) is 0 Å². The average molecular weight is 265 g/mol. The van der Waals surface area contributed by atoms with E-state index in [0.29, 0.717) is 24.8 Å². The first-order valence-corrected chi connectivity index (χ1v) is 7.69. The molecular formula is C15H23NO3. The fourth-order valence-electron chi connectivity index (χ4n) is 4.46. The van der Waals surface area contributed by atoms with E-state index in [1.807, 2.05) is 0 Å². The highest BCUT2D eigenvalue weighted by Crippen LogP contribution is 2.43. The minimum Gasteiger partial charge on any atom is -0.480 e. The molecular weight excluding hydrogens is 242 g/mol. The molecule has 4 heteroatoms. The molecule has 1 aliphatic heterocycles. The molecule has 3 fully saturated rings. The van der Waals surface area contributed by atoms with Gasteiger partial charge in [-0.3, -0.25) is 4.79 Å². The number of carboxylic acid groups (broad SMARTS) is 1. The van der Waals surface area contributed by atoms with E-state index in [4.69, 9.17) is 0 Å². The second kappa shape index (κ2) is 5.14. The predicted molar refractivity (Wildman–Crippen MR) is 70.5 cm³/mol. The van der Waals surface area contributed by atoms with E-state index >= 15 is 0 Å². The van der Waals surface area contributed by atoms with Crippen LogP contribution in [0.4, 0.5) is 0 Å². The first kappa shape index (κ1) is 12.9. The summed E-state index contributed by atoms with van der Waals surface area (Å²) in [5.74, 6) is 0.448. The largest absolute Gasteiger partial charge is 0.480 e. The summed E-state index contributed by atoms with van der Waals surface area (Å²) in [6.07, 6.45) is 8.52. The maximum absolute atomic E-state index is 12.4. The van der Waals surface area contributed by atoms with Gasteiger partial charge in [0, 0.05) is 13.0 Å². The first-order valence-electron chi connectivity index (χ1n) is 7.69. The Hall–Kier alpha value is -1.06. The van der Waals surface area contributed by atoms with E-state index in [1.165, 1.54) is 12.8 Å². The van der Waals surface area contributed by atoms with Gasteiger partial charge in [0.2, 0.25) is 5.91 Å². The van der Waals surface area contributed by atoms with Crippen molar-refractivity contribution >= 4 is 11.9 Å². The van der Waals surface area contributed by atoms with Gasteiger partial charge in [0.25, 0.3) is 0 Å². The molecule has 3 aliphatic rings. The highest BCUT2D eigenvalue weighted by Gasteiger charge is 2.49. The fourth-order valence-corrected chi connectivity index (χ4v) is 4.46. The van der Waals surface area contributed by atoms with Crippen LogP contribution in [0, 0.1) is 17.8 Å². The van der Waals surface area contributed by atoms with Crippen LogP contribution in [0.2, 0.25) is 0 Å². The van der Waals surface area contributed by atoms with Gasteiger partial charge in [-0.05, 0) is 43.4 Å². The molecule has 0 aromatic rings. The third kappa shape index (κ3) is 2.37. The highest BCUT2D eigenvalue weighted by molar-refractivity contribution is 5.85. The van der Waals surface area contributed by atoms with E-state index in [-0.39, 0.29) is 11.8 Å². The Morgan fingerprint density at radius 2 is 1.79 bits per heavy atom. The summed E-state index contributed by atoms with van der Waals surface area (Å²) in [4.78, 5) is 25.6. The number of likely N-dealkylation sites (tertiary alicyclic amines) is 1. The van der Waals surface area contributed by atoms with Crippen LogP contribution in [0.5, 0.6) is 0 Å². The Labute approximate surface area is 114 Å². The SMILES string of the molecule is O=C(O)C1C2CCCC2CN1C(=O)CC1CCCC1. The Morgan fingerprint density at radius 3 is 2.47 bits per heavy atom. The predicted octanol–water partition coefficient (Wildman–Crippen LogP) is 2.28. The van der Waals surface area contributed by atoms with Crippen LogP contribution in [0.1, 0.15) is 51.4 Å². The second-order valence-corrected chi connectivity index (χ2v) is 6.54. The van der Waals surface area contributed by atoms with Gasteiger partial charge in [0.05, 0.1) is 0 Å². The number of hydrogen-bond acceptors (Lipinski definition) is 2. The molecule has 0 aromatic carbocycles. The molecule has 19 heavy (non-hydrogen) atoms. The van der Waals surface area contributed by atoms with Crippen molar-refractivity contribution in [2.24, 2.45) is 17.8 Å². The average Bonchev–Trinajstić information content (AvgIpc) is 3.02. The monoisotopic (exact) mass is 265 g/mol. The van der Waals surface area contributed by atoms with Crippen LogP contribution in [-0.4, -0.2) is 34.5 Å². The molecule has 1 heterocycles. The van der Waals surface area contributed by atoms with Crippen LogP contribution in [0.3, 0.4) is 0 Å². The number of carboxylic acids is 1. The summed E-state index contributed by atoms with van der Waals surface area (Å²) in [5, 5.41) is 9.45. The number of rotatable bonds is 3. The lowest BCUT2D eigenvalue weighted by Crippen LogP contribution is -2.43. The third-order valence-corrected chi connectivity index (χ3v) is 5.40. The van der Waals surface area contributed by atoms with Crippen LogP contribution in [0.25, 0.3) is 0 Å². The first-order chi connectivity index (χ1) is 9.16. The number of carbonyl (C=O) groups excluding carboxylic acids is 1. The number of hydrogen-bond donors (Lipinski definition) is 1. The number of nitrogens with zero attached hydrogens (tertiary/aromatic N) is 1. The molecule has 1 saturated heterocycles. The lowest BCUT2D eigenvalue weighted by atomic mass is 9.94. The van der Waals surface area contributed by atoms with E-state index in [2.05, 4.69) is 0 Å². The summed E-state index contributed by atoms with van der Waals surface area (Å²) in [6.45, 7) is 0.688. The molecule has 3 atom stereocenters. The minimum atomic E-state index is -0.797. The van der Waals surface area contributed by atoms with Crippen molar-refractivity contribution in [3.05, 3.63) is 0 Å². The number of carbonyl (C=O) groups is 2. The lowest BCUT2D eigenvalue weighted by Gasteiger charge is -2.25. The molecule has 1 amide bonds. The fraction of sp³-hybridized carbons (Fsp3) is 0.867. The van der Waals surface area contributed by atoms with Gasteiger partial charge in [-0.2, -0.15) is 0 Å². The minimum absolute atomic E-state index is 0.0914. The van der Waals surface area contributed by atoms with Crippen molar-refractivity contribution in [2.45, 2.75) is 57.4 Å². The zero-order chi connectivity index (χ0) is 13.4. The Bertz CT molecular complexity index is 376. The molecule has 2 aliphatic carbocycles. The van der Waals surface area contributed by atoms with Crippen LogP contribution < -0.4 is 0 Å². The van der Waals surface area contributed by atoms with Crippen molar-refractivity contribution in [1.29, 1.82) is 0 Å². The number of amides is 1. The molecule has 1 N–H and O–H groups in total. The summed E-state index contributed by atoms with van der Waals surface area (Å²) in [7, 11) is 0. The highest BCUT2D eigenvalue weighted by atomic mass is 16.4. The smallest absolute Gasteiger partial charge is 0.326 e. The summed E-state index contributed by atoms with van der Waals surface area (Å²) >= 11 is 0. The molecule has 3 rings (SSSR count). The van der Waals surface area contributed by atoms with Crippen LogP contribution in [-0.2, 0) is 9.59 Å². The Kier molecular flexibility index (Phi) is 3.50. The Morgan fingerprint density at radius 1 is 1.05 bits per heavy atom. The van der Waals surface area contributed by atoms with Crippen molar-refractivity contribution in [2.75, 3.05) is 6.54 Å². The lowest BCUT2D eigenvalue weighted by molar-refractivity contribution is -0.150. The Balaban J connectivity index is 1.68. The van der Waals surface area contributed by atoms with E-state index < -0.39 is 12.0 Å². The van der Waals surface area contributed by atoms with Crippen LogP contribution in [0.15, 0.2) is 0 Å². The van der Waals surface area contributed by atoms with E-state index in [0.717, 1.165) is 32.1 Å². The maximum atomic E-state index is 12.4. The second-order valence-electron chi connectivity index (χ2n) is 6.54. The van der Waals surface area contributed by atoms with Crippen molar-refractivity contribution < 1.29 is 14.7 Å². The van der Waals surface area contributed by atoms with Crippen molar-refractivity contribution in [3.63, 3.8) is 0 Å². The van der Waals surface area contributed by atoms with E-state index in [9.17, 15) is 14.7 Å². The van der Waals surface area contributed by atoms with Crippen molar-refractivity contribution in [1.82, 2.24) is 4.90 Å². The van der Waals surface area contributed by atoms with Gasteiger partial charge in [-0.15, -0.1) is 0 Å². The van der Waals surface area contributed by atoms with Gasteiger partial charge in [0.1, 0.15) is 6.04 Å². The number of fused-ring (bicyclic) bond motifs is 1. The molecule has 0 radical (unpaired) electrons. The van der Waals surface area contributed by atoms with Gasteiger partial charge < -0.3 is 10.0 Å². The number of aliphatic carboxylic acids is 1. The topological polar surface area (TPSA) is 57.6 Å². The quantitative estimate of drug-likeness (QED) is 0.851. The molecule has 0 aromatic heterocycles. The standard InChI is InChI=1S/C15H23NO3/c17-13(8-10-4-1-2-5-10)16-9-11-6-3-7-12(11)14(16)15(18)19/h10-12,14H,1-9H2,(H,18,19). The molecule has 3 unspecified atom stereocenters. The molecule has 0 spiro atoms. The summed E-state index contributed by atoms with van der Waals surface area (Å²) in [5.41, 5.74) is 0. The zero-order valence-electron chi connectivity index (χ0n) is 11.4. The third-order valence-electron chi connectivity index (χ3n) is 5.40. The summed E-state index contributed by atoms with van der Waals surface area (Å²) < 4.78 is 0. The summed E-state index contributed by atoms with van der Waals surface area (Å²) in [6, 6.07) is -0.540. The van der Waals surface area contributed by atoms with Crippen LogP contribution >= 0.6 is 0 Å². The van der Waals surface area contributed by atoms with Gasteiger partial charge in [-0.1, -0.05) is 19.3 Å². The van der Waals surface area contributed by atoms with Crippen molar-refractivity contribution in [3.8, 4) is 0 Å². The normalized spacial score (nSPS) is 34.7. The zero-order valence-corrected chi connectivity index (χ0v) is 11.4. The van der Waals surface area contributed by atoms with Gasteiger partial charge in [-0.25, -0.2) is 4.79 Å². The molecule has 4 nitrogen and oxygen atoms in total.